The Labute approximate surface area is 112 Å². The van der Waals surface area contributed by atoms with Gasteiger partial charge in [0.15, 0.2) is 10.7 Å². The SMILES string of the molecule is CCOC(=O)c1nc2sc3ccccc3n2c1Cl. The zero-order valence-electron chi connectivity index (χ0n) is 9.51. The van der Waals surface area contributed by atoms with Crippen molar-refractivity contribution in [1.29, 1.82) is 0 Å². The fourth-order valence-electron chi connectivity index (χ4n) is 1.81. The third kappa shape index (κ3) is 1.59. The van der Waals surface area contributed by atoms with Crippen LogP contribution in [-0.4, -0.2) is 22.0 Å². The van der Waals surface area contributed by atoms with Crippen LogP contribution in [0.1, 0.15) is 17.4 Å². The quantitative estimate of drug-likeness (QED) is 0.676. The molecular weight excluding hydrogens is 272 g/mol. The molecule has 0 bridgehead atoms. The van der Waals surface area contributed by atoms with Gasteiger partial charge in [-0.25, -0.2) is 9.78 Å². The fourth-order valence-corrected chi connectivity index (χ4v) is 3.18. The van der Waals surface area contributed by atoms with E-state index in [2.05, 4.69) is 4.98 Å². The maximum atomic E-state index is 11.7. The van der Waals surface area contributed by atoms with Crippen LogP contribution in [-0.2, 0) is 4.74 Å². The van der Waals surface area contributed by atoms with Crippen LogP contribution in [0.2, 0.25) is 5.15 Å². The number of thiazole rings is 1. The molecule has 0 saturated carbocycles. The van der Waals surface area contributed by atoms with Crippen LogP contribution >= 0.6 is 22.9 Å². The molecule has 18 heavy (non-hydrogen) atoms. The summed E-state index contributed by atoms with van der Waals surface area (Å²) in [6.07, 6.45) is 0. The minimum atomic E-state index is -0.484. The topological polar surface area (TPSA) is 43.6 Å². The van der Waals surface area contributed by atoms with E-state index in [1.807, 2.05) is 24.3 Å². The standard InChI is InChI=1S/C12H9ClN2O2S/c1-2-17-11(16)9-10(13)15-7-5-3-4-6-8(7)18-12(15)14-9/h3-6H,2H2,1H3. The molecule has 0 fully saturated rings. The maximum absolute atomic E-state index is 11.7. The average molecular weight is 281 g/mol. The van der Waals surface area contributed by atoms with Gasteiger partial charge in [-0.3, -0.25) is 4.40 Å². The third-order valence-corrected chi connectivity index (χ3v) is 3.94. The number of nitrogens with zero attached hydrogens (tertiary/aromatic N) is 2. The van der Waals surface area contributed by atoms with Crippen molar-refractivity contribution in [2.75, 3.05) is 6.61 Å². The molecule has 2 heterocycles. The maximum Gasteiger partial charge on any atom is 0.360 e. The molecule has 0 unspecified atom stereocenters. The molecule has 1 aromatic carbocycles. The number of carbonyl (C=O) groups excluding carboxylic acids is 1. The van der Waals surface area contributed by atoms with E-state index in [0.717, 1.165) is 10.2 Å². The number of hydrogen-bond acceptors (Lipinski definition) is 4. The summed E-state index contributed by atoms with van der Waals surface area (Å²) in [6, 6.07) is 7.82. The first kappa shape index (κ1) is 11.5. The molecule has 0 aliphatic rings. The summed E-state index contributed by atoms with van der Waals surface area (Å²) >= 11 is 7.71. The first-order valence-electron chi connectivity index (χ1n) is 5.45. The lowest BCUT2D eigenvalue weighted by Gasteiger charge is -1.98. The van der Waals surface area contributed by atoms with Crippen LogP contribution in [0.15, 0.2) is 24.3 Å². The monoisotopic (exact) mass is 280 g/mol. The molecule has 0 N–H and O–H groups in total. The molecule has 0 aliphatic carbocycles. The highest BCUT2D eigenvalue weighted by Gasteiger charge is 2.21. The lowest BCUT2D eigenvalue weighted by molar-refractivity contribution is 0.0520. The van der Waals surface area contributed by atoms with E-state index in [9.17, 15) is 4.79 Å². The number of halogens is 1. The molecule has 6 heteroatoms. The van der Waals surface area contributed by atoms with Gasteiger partial charge in [0.1, 0.15) is 5.15 Å². The van der Waals surface area contributed by atoms with Gasteiger partial charge in [0.05, 0.1) is 16.8 Å². The van der Waals surface area contributed by atoms with Crippen LogP contribution < -0.4 is 0 Å². The number of para-hydroxylation sites is 1. The van der Waals surface area contributed by atoms with Gasteiger partial charge in [-0.05, 0) is 19.1 Å². The number of aromatic nitrogens is 2. The zero-order valence-corrected chi connectivity index (χ0v) is 11.1. The van der Waals surface area contributed by atoms with E-state index in [4.69, 9.17) is 16.3 Å². The Kier molecular flexibility index (Phi) is 2.72. The van der Waals surface area contributed by atoms with Crippen molar-refractivity contribution in [3.05, 3.63) is 35.1 Å². The van der Waals surface area contributed by atoms with Crippen LogP contribution in [0.3, 0.4) is 0 Å². The lowest BCUT2D eigenvalue weighted by atomic mass is 10.3. The molecule has 0 spiro atoms. The molecule has 0 radical (unpaired) electrons. The van der Waals surface area contributed by atoms with Crippen LogP contribution in [0.4, 0.5) is 0 Å². The second kappa shape index (κ2) is 4.26. The Bertz CT molecular complexity index is 747. The number of fused-ring (bicyclic) bond motifs is 3. The van der Waals surface area contributed by atoms with Crippen molar-refractivity contribution in [2.24, 2.45) is 0 Å². The van der Waals surface area contributed by atoms with E-state index in [0.29, 0.717) is 16.7 Å². The second-order valence-electron chi connectivity index (χ2n) is 3.66. The van der Waals surface area contributed by atoms with Crippen molar-refractivity contribution >= 4 is 44.1 Å². The van der Waals surface area contributed by atoms with Crippen LogP contribution in [0.5, 0.6) is 0 Å². The average Bonchev–Trinajstić information content (AvgIpc) is 2.87. The van der Waals surface area contributed by atoms with Gasteiger partial charge in [-0.1, -0.05) is 35.1 Å². The molecule has 0 amide bonds. The molecule has 4 nitrogen and oxygen atoms in total. The van der Waals surface area contributed by atoms with Gasteiger partial charge in [-0.2, -0.15) is 0 Å². The van der Waals surface area contributed by atoms with Crippen molar-refractivity contribution < 1.29 is 9.53 Å². The summed E-state index contributed by atoms with van der Waals surface area (Å²) in [5, 5.41) is 0.306. The van der Waals surface area contributed by atoms with Gasteiger partial charge in [-0.15, -0.1) is 0 Å². The Hall–Kier alpha value is -1.59. The molecule has 0 aliphatic heterocycles. The van der Waals surface area contributed by atoms with E-state index >= 15 is 0 Å². The largest absolute Gasteiger partial charge is 0.461 e. The minimum absolute atomic E-state index is 0.176. The van der Waals surface area contributed by atoms with Crippen molar-refractivity contribution in [2.45, 2.75) is 6.92 Å². The first-order valence-corrected chi connectivity index (χ1v) is 6.64. The number of carbonyl (C=O) groups is 1. The summed E-state index contributed by atoms with van der Waals surface area (Å²) in [6.45, 7) is 2.06. The van der Waals surface area contributed by atoms with E-state index in [1.54, 1.807) is 11.3 Å². The highest BCUT2D eigenvalue weighted by Crippen LogP contribution is 2.31. The third-order valence-electron chi connectivity index (χ3n) is 2.57. The van der Waals surface area contributed by atoms with Crippen molar-refractivity contribution in [1.82, 2.24) is 9.38 Å². The predicted octanol–water partition coefficient (Wildman–Crippen LogP) is 3.38. The molecule has 3 aromatic rings. The smallest absolute Gasteiger partial charge is 0.360 e. The van der Waals surface area contributed by atoms with Crippen LogP contribution in [0, 0.1) is 0 Å². The highest BCUT2D eigenvalue weighted by molar-refractivity contribution is 7.23. The van der Waals surface area contributed by atoms with Gasteiger partial charge in [0.25, 0.3) is 0 Å². The van der Waals surface area contributed by atoms with E-state index in [-0.39, 0.29) is 5.69 Å². The Morgan fingerprint density at radius 1 is 1.50 bits per heavy atom. The molecule has 92 valence electrons. The predicted molar refractivity (Wildman–Crippen MR) is 71.5 cm³/mol. The Morgan fingerprint density at radius 2 is 2.28 bits per heavy atom. The summed E-state index contributed by atoms with van der Waals surface area (Å²) in [5.41, 5.74) is 1.13. The summed E-state index contributed by atoms with van der Waals surface area (Å²) in [7, 11) is 0. The minimum Gasteiger partial charge on any atom is -0.461 e. The molecule has 3 rings (SSSR count). The first-order chi connectivity index (χ1) is 8.72. The molecule has 0 atom stereocenters. The molecule has 2 aromatic heterocycles. The van der Waals surface area contributed by atoms with Gasteiger partial charge in [0, 0.05) is 0 Å². The number of hydrogen-bond donors (Lipinski definition) is 0. The highest BCUT2D eigenvalue weighted by atomic mass is 35.5. The number of esters is 1. The Morgan fingerprint density at radius 3 is 3.06 bits per heavy atom. The zero-order chi connectivity index (χ0) is 12.7. The molecular formula is C12H9ClN2O2S. The van der Waals surface area contributed by atoms with Gasteiger partial charge in [0.2, 0.25) is 0 Å². The van der Waals surface area contributed by atoms with Crippen molar-refractivity contribution in [3.8, 4) is 0 Å². The number of ether oxygens (including phenoxy) is 1. The fraction of sp³-hybridized carbons (Fsp3) is 0.167. The second-order valence-corrected chi connectivity index (χ2v) is 5.03. The molecule has 0 saturated heterocycles. The summed E-state index contributed by atoms with van der Waals surface area (Å²) in [4.78, 5) is 16.6. The van der Waals surface area contributed by atoms with Crippen LogP contribution in [0.25, 0.3) is 15.2 Å². The van der Waals surface area contributed by atoms with Gasteiger partial charge >= 0.3 is 5.97 Å². The van der Waals surface area contributed by atoms with Crippen molar-refractivity contribution in [3.63, 3.8) is 0 Å². The lowest BCUT2D eigenvalue weighted by Crippen LogP contribution is -2.05. The summed E-state index contributed by atoms with van der Waals surface area (Å²) < 4.78 is 7.78. The van der Waals surface area contributed by atoms with E-state index < -0.39 is 5.97 Å². The normalized spacial score (nSPS) is 11.2. The Balaban J connectivity index is 2.26. The number of imidazole rings is 1. The van der Waals surface area contributed by atoms with Gasteiger partial charge < -0.3 is 4.74 Å². The summed E-state index contributed by atoms with van der Waals surface area (Å²) in [5.74, 6) is -0.484. The number of rotatable bonds is 2. The van der Waals surface area contributed by atoms with E-state index in [1.165, 1.54) is 11.3 Å². The number of benzene rings is 1.